The van der Waals surface area contributed by atoms with E-state index in [1.165, 1.54) is 13.0 Å². The smallest absolute Gasteiger partial charge is 0.219 e. The summed E-state index contributed by atoms with van der Waals surface area (Å²) in [5.74, 6) is -0.351. The number of nitrogens with zero attached hydrogens (tertiary/aromatic N) is 5. The summed E-state index contributed by atoms with van der Waals surface area (Å²) in [5.41, 5.74) is 2.32. The van der Waals surface area contributed by atoms with Crippen molar-refractivity contribution in [3.05, 3.63) is 78.0 Å². The third kappa shape index (κ3) is 5.13. The molecule has 1 atom stereocenters. The van der Waals surface area contributed by atoms with E-state index in [4.69, 9.17) is 9.84 Å². The van der Waals surface area contributed by atoms with Crippen LogP contribution in [0.3, 0.4) is 0 Å². The van der Waals surface area contributed by atoms with Crippen molar-refractivity contribution in [3.63, 3.8) is 0 Å². The predicted molar refractivity (Wildman–Crippen MR) is 151 cm³/mol. The van der Waals surface area contributed by atoms with Gasteiger partial charge in [-0.3, -0.25) is 14.2 Å². The standard InChI is InChI=1S/C29H31FN6O4S/c1-20(37)35-12-10-27-24(17-35)28(32-26-9-8-21(14-25(26)30)22-15-31-34(2)16-22)33-36(27)29(11-13-40-18-29)19-41(38,39)23-6-4-3-5-7-23/h3-9,14-16H,10-13,17-19H2,1-2H3,(H,32,33). The van der Waals surface area contributed by atoms with Crippen molar-refractivity contribution in [2.24, 2.45) is 7.05 Å². The molecule has 0 bridgehead atoms. The first-order valence-corrected chi connectivity index (χ1v) is 15.1. The van der Waals surface area contributed by atoms with Crippen molar-refractivity contribution in [1.82, 2.24) is 24.5 Å². The number of hydrogen-bond donors (Lipinski definition) is 1. The van der Waals surface area contributed by atoms with E-state index in [1.807, 2.05) is 6.20 Å². The minimum absolute atomic E-state index is 0.0769. The Kier molecular flexibility index (Phi) is 6.90. The van der Waals surface area contributed by atoms with Gasteiger partial charge in [0, 0.05) is 56.6 Å². The van der Waals surface area contributed by atoms with Crippen molar-refractivity contribution in [3.8, 4) is 11.1 Å². The minimum atomic E-state index is -3.68. The number of hydrogen-bond acceptors (Lipinski definition) is 7. The second-order valence-corrected chi connectivity index (χ2v) is 12.7. The van der Waals surface area contributed by atoms with E-state index in [-0.39, 0.29) is 35.4 Å². The molecule has 0 radical (unpaired) electrons. The van der Waals surface area contributed by atoms with Crippen LogP contribution in [-0.4, -0.2) is 64.3 Å². The van der Waals surface area contributed by atoms with Gasteiger partial charge >= 0.3 is 0 Å². The highest BCUT2D eigenvalue weighted by molar-refractivity contribution is 7.91. The van der Waals surface area contributed by atoms with Gasteiger partial charge in [-0.05, 0) is 36.2 Å². The van der Waals surface area contributed by atoms with Crippen LogP contribution in [0.15, 0.2) is 65.8 Å². The zero-order valence-electron chi connectivity index (χ0n) is 22.9. The Morgan fingerprint density at radius 1 is 1.17 bits per heavy atom. The van der Waals surface area contributed by atoms with Gasteiger partial charge in [0.15, 0.2) is 15.7 Å². The molecule has 4 heterocycles. The number of sulfone groups is 1. The van der Waals surface area contributed by atoms with Crippen molar-refractivity contribution < 1.29 is 22.3 Å². The molecule has 1 N–H and O–H groups in total. The molecule has 0 spiro atoms. The topological polar surface area (TPSA) is 111 Å². The van der Waals surface area contributed by atoms with Crippen LogP contribution < -0.4 is 5.32 Å². The number of carbonyl (C=O) groups excluding carboxylic acids is 1. The lowest BCUT2D eigenvalue weighted by Gasteiger charge is -2.32. The van der Waals surface area contributed by atoms with Gasteiger partial charge in [-0.25, -0.2) is 12.8 Å². The van der Waals surface area contributed by atoms with Crippen molar-refractivity contribution in [1.29, 1.82) is 0 Å². The largest absolute Gasteiger partial charge is 0.379 e. The molecule has 41 heavy (non-hydrogen) atoms. The van der Waals surface area contributed by atoms with Crippen LogP contribution in [0, 0.1) is 5.82 Å². The van der Waals surface area contributed by atoms with Gasteiger partial charge in [0.25, 0.3) is 0 Å². The molecule has 1 saturated heterocycles. The maximum atomic E-state index is 15.4. The third-order valence-corrected chi connectivity index (χ3v) is 9.76. The van der Waals surface area contributed by atoms with Gasteiger partial charge in [0.2, 0.25) is 5.91 Å². The number of ether oxygens (including phenoxy) is 1. The molecule has 2 aliphatic rings. The molecule has 1 amide bonds. The SMILES string of the molecule is CC(=O)N1CCc2c(c(Nc3ccc(-c4cnn(C)c4)cc3F)nn2C2(CS(=O)(=O)c3ccccc3)CCOC2)C1. The Hall–Kier alpha value is -4.03. The van der Waals surface area contributed by atoms with Gasteiger partial charge in [0.05, 0.1) is 35.7 Å². The fourth-order valence-corrected chi connectivity index (χ4v) is 7.47. The average Bonchev–Trinajstić information content (AvgIpc) is 3.69. The van der Waals surface area contributed by atoms with Crippen molar-refractivity contribution in [2.45, 2.75) is 36.7 Å². The first-order valence-electron chi connectivity index (χ1n) is 13.4. The third-order valence-electron chi connectivity index (χ3n) is 7.86. The Labute approximate surface area is 237 Å². The van der Waals surface area contributed by atoms with Crippen LogP contribution in [0.4, 0.5) is 15.9 Å². The molecule has 214 valence electrons. The van der Waals surface area contributed by atoms with Gasteiger partial charge in [-0.1, -0.05) is 24.3 Å². The summed E-state index contributed by atoms with van der Waals surface area (Å²) >= 11 is 0. The average molecular weight is 579 g/mol. The van der Waals surface area contributed by atoms with Crippen LogP contribution >= 0.6 is 0 Å². The maximum absolute atomic E-state index is 15.4. The minimum Gasteiger partial charge on any atom is -0.379 e. The van der Waals surface area contributed by atoms with Gasteiger partial charge < -0.3 is 15.0 Å². The van der Waals surface area contributed by atoms with E-state index in [0.717, 1.165) is 16.8 Å². The quantitative estimate of drug-likeness (QED) is 0.356. The Morgan fingerprint density at radius 2 is 1.98 bits per heavy atom. The molecular weight excluding hydrogens is 547 g/mol. The lowest BCUT2D eigenvalue weighted by Crippen LogP contribution is -2.44. The Morgan fingerprint density at radius 3 is 2.63 bits per heavy atom. The summed E-state index contributed by atoms with van der Waals surface area (Å²) in [5, 5.41) is 12.2. The lowest BCUT2D eigenvalue weighted by molar-refractivity contribution is -0.129. The van der Waals surface area contributed by atoms with Crippen molar-refractivity contribution in [2.75, 3.05) is 30.8 Å². The molecule has 12 heteroatoms. The monoisotopic (exact) mass is 578 g/mol. The first-order chi connectivity index (χ1) is 19.6. The summed E-state index contributed by atoms with van der Waals surface area (Å²) in [4.78, 5) is 14.2. The van der Waals surface area contributed by atoms with Crippen LogP contribution in [-0.2, 0) is 44.9 Å². The summed E-state index contributed by atoms with van der Waals surface area (Å²) in [6, 6.07) is 13.2. The van der Waals surface area contributed by atoms with Crippen LogP contribution in [0.2, 0.25) is 0 Å². The predicted octanol–water partition coefficient (Wildman–Crippen LogP) is 3.66. The highest BCUT2D eigenvalue weighted by Gasteiger charge is 2.45. The zero-order valence-corrected chi connectivity index (χ0v) is 23.7. The Balaban J connectivity index is 1.40. The van der Waals surface area contributed by atoms with E-state index in [2.05, 4.69) is 10.4 Å². The fourth-order valence-electron chi connectivity index (χ4n) is 5.68. The fraction of sp³-hybridized carbons (Fsp3) is 0.345. The summed E-state index contributed by atoms with van der Waals surface area (Å²) in [6.45, 7) is 2.84. The molecule has 2 aromatic carbocycles. The lowest BCUT2D eigenvalue weighted by atomic mass is 9.99. The van der Waals surface area contributed by atoms with Gasteiger partial charge in [-0.15, -0.1) is 0 Å². The number of rotatable bonds is 7. The van der Waals surface area contributed by atoms with Crippen LogP contribution in [0.5, 0.6) is 0 Å². The number of amides is 1. The molecule has 0 aliphatic carbocycles. The molecule has 1 fully saturated rings. The maximum Gasteiger partial charge on any atom is 0.219 e. The summed E-state index contributed by atoms with van der Waals surface area (Å²) in [7, 11) is -1.88. The molecule has 0 saturated carbocycles. The number of carbonyl (C=O) groups is 1. The highest BCUT2D eigenvalue weighted by atomic mass is 32.2. The van der Waals surface area contributed by atoms with E-state index in [1.54, 1.807) is 70.0 Å². The number of fused-ring (bicyclic) bond motifs is 1. The summed E-state index contributed by atoms with van der Waals surface area (Å²) < 4.78 is 51.7. The first kappa shape index (κ1) is 27.2. The summed E-state index contributed by atoms with van der Waals surface area (Å²) in [6.07, 6.45) is 4.42. The number of nitrogens with one attached hydrogen (secondary N) is 1. The van der Waals surface area contributed by atoms with Gasteiger partial charge in [0.1, 0.15) is 11.4 Å². The van der Waals surface area contributed by atoms with Crippen molar-refractivity contribution >= 4 is 27.2 Å². The zero-order chi connectivity index (χ0) is 28.8. The van der Waals surface area contributed by atoms with E-state index < -0.39 is 21.2 Å². The van der Waals surface area contributed by atoms with E-state index >= 15 is 4.39 Å². The second kappa shape index (κ2) is 10.4. The number of anilines is 2. The molecule has 4 aromatic rings. The number of halogens is 1. The van der Waals surface area contributed by atoms with Gasteiger partial charge in [-0.2, -0.15) is 10.2 Å². The van der Waals surface area contributed by atoms with Crippen LogP contribution in [0.25, 0.3) is 11.1 Å². The normalized spacial score (nSPS) is 18.9. The highest BCUT2D eigenvalue weighted by Crippen LogP contribution is 2.38. The number of aryl methyl sites for hydroxylation is 1. The second-order valence-electron chi connectivity index (χ2n) is 10.7. The molecule has 2 aliphatic heterocycles. The molecule has 10 nitrogen and oxygen atoms in total. The van der Waals surface area contributed by atoms with E-state index in [0.29, 0.717) is 37.4 Å². The molecular formula is C29H31FN6O4S. The number of aromatic nitrogens is 4. The van der Waals surface area contributed by atoms with E-state index in [9.17, 15) is 13.2 Å². The molecule has 2 aromatic heterocycles. The number of benzene rings is 2. The van der Waals surface area contributed by atoms with Crippen LogP contribution in [0.1, 0.15) is 24.6 Å². The molecule has 6 rings (SSSR count). The molecule has 1 unspecified atom stereocenters. The Bertz CT molecular complexity index is 1710.